The number of fused-ring (bicyclic) bond motifs is 1. The van der Waals surface area contributed by atoms with E-state index in [0.717, 1.165) is 11.9 Å². The van der Waals surface area contributed by atoms with Crippen LogP contribution in [0.1, 0.15) is 17.3 Å². The summed E-state index contributed by atoms with van der Waals surface area (Å²) in [5, 5.41) is 11.6. The van der Waals surface area contributed by atoms with Gasteiger partial charge in [-0.15, -0.1) is 10.2 Å². The smallest absolute Gasteiger partial charge is 0.293 e. The molecule has 0 radical (unpaired) electrons. The van der Waals surface area contributed by atoms with E-state index in [1.807, 2.05) is 6.92 Å². The Balaban J connectivity index is 1.67. The fourth-order valence-electron chi connectivity index (χ4n) is 1.83. The summed E-state index contributed by atoms with van der Waals surface area (Å²) in [4.78, 5) is 24.2. The van der Waals surface area contributed by atoms with Gasteiger partial charge in [0.05, 0.1) is 12.4 Å². The monoisotopic (exact) mass is 348 g/mol. The Kier molecular flexibility index (Phi) is 4.68. The number of benzene rings is 1. The van der Waals surface area contributed by atoms with E-state index in [1.54, 1.807) is 24.3 Å². The summed E-state index contributed by atoms with van der Waals surface area (Å²) in [6.45, 7) is 2.49. The zero-order valence-electron chi connectivity index (χ0n) is 12.1. The number of rotatable bonds is 6. The minimum absolute atomic E-state index is 0.0178. The van der Waals surface area contributed by atoms with Crippen molar-refractivity contribution < 1.29 is 9.53 Å². The lowest BCUT2D eigenvalue weighted by molar-refractivity contribution is 0.102. The minimum Gasteiger partial charge on any atom is -0.494 e. The number of ketones is 1. The topological polar surface area (TPSA) is 86.5 Å². The lowest BCUT2D eigenvalue weighted by Crippen LogP contribution is -2.14. The van der Waals surface area contributed by atoms with Crippen LogP contribution in [0, 0.1) is 0 Å². The van der Waals surface area contributed by atoms with Crippen LogP contribution in [-0.2, 0) is 0 Å². The summed E-state index contributed by atoms with van der Waals surface area (Å²) < 4.78 is 7.13. The number of hydrogen-bond donors (Lipinski definition) is 0. The molecule has 0 atom stereocenters. The highest BCUT2D eigenvalue weighted by atomic mass is 32.2. The molecule has 9 heteroatoms. The number of thioether (sulfide) groups is 1. The van der Waals surface area contributed by atoms with Gasteiger partial charge in [0.2, 0.25) is 4.96 Å². The molecule has 2 aromatic heterocycles. The maximum Gasteiger partial charge on any atom is 0.293 e. The Hall–Kier alpha value is -2.26. The van der Waals surface area contributed by atoms with Crippen LogP contribution in [0.2, 0.25) is 0 Å². The van der Waals surface area contributed by atoms with Crippen LogP contribution in [0.5, 0.6) is 5.75 Å². The van der Waals surface area contributed by atoms with Crippen LogP contribution >= 0.6 is 23.1 Å². The second-order valence-electron chi connectivity index (χ2n) is 4.41. The zero-order chi connectivity index (χ0) is 16.2. The third kappa shape index (κ3) is 3.57. The van der Waals surface area contributed by atoms with E-state index in [1.165, 1.54) is 27.6 Å². The Morgan fingerprint density at radius 2 is 2.13 bits per heavy atom. The van der Waals surface area contributed by atoms with Crippen LogP contribution in [0.15, 0.2) is 39.6 Å². The van der Waals surface area contributed by atoms with Crippen LogP contribution in [0.3, 0.4) is 0 Å². The number of nitrogens with zero attached hydrogens (tertiary/aromatic N) is 4. The maximum absolute atomic E-state index is 12.2. The molecule has 0 unspecified atom stereocenters. The molecule has 2 heterocycles. The van der Waals surface area contributed by atoms with Crippen molar-refractivity contribution in [3.05, 3.63) is 46.4 Å². The zero-order valence-corrected chi connectivity index (χ0v) is 13.8. The summed E-state index contributed by atoms with van der Waals surface area (Å²) in [5.74, 6) is 0.951. The Morgan fingerprint density at radius 3 is 2.83 bits per heavy atom. The SMILES string of the molecule is CCOc1ccc(C(=O)CSc2nn3c(=O)cnnc3s2)cc1. The predicted molar refractivity (Wildman–Crippen MR) is 87.6 cm³/mol. The molecule has 0 bridgehead atoms. The van der Waals surface area contributed by atoms with Crippen LogP contribution in [0.25, 0.3) is 4.96 Å². The van der Waals surface area contributed by atoms with Gasteiger partial charge in [-0.1, -0.05) is 23.1 Å². The molecule has 0 fully saturated rings. The highest BCUT2D eigenvalue weighted by Gasteiger charge is 2.11. The molecule has 0 spiro atoms. The maximum atomic E-state index is 12.2. The number of carbonyl (C=O) groups excluding carboxylic acids is 1. The van der Waals surface area contributed by atoms with E-state index in [9.17, 15) is 9.59 Å². The summed E-state index contributed by atoms with van der Waals surface area (Å²) in [7, 11) is 0. The summed E-state index contributed by atoms with van der Waals surface area (Å²) >= 11 is 2.50. The van der Waals surface area contributed by atoms with Gasteiger partial charge in [-0.3, -0.25) is 9.59 Å². The minimum atomic E-state index is -0.337. The average Bonchev–Trinajstić information content (AvgIpc) is 2.98. The molecule has 0 saturated carbocycles. The molecule has 23 heavy (non-hydrogen) atoms. The van der Waals surface area contributed by atoms with E-state index in [2.05, 4.69) is 15.3 Å². The van der Waals surface area contributed by atoms with Gasteiger partial charge in [0, 0.05) is 5.56 Å². The molecule has 0 aliphatic carbocycles. The molecule has 3 aromatic rings. The average molecular weight is 348 g/mol. The van der Waals surface area contributed by atoms with Crippen LogP contribution < -0.4 is 10.3 Å². The van der Waals surface area contributed by atoms with E-state index >= 15 is 0 Å². The molecule has 0 N–H and O–H groups in total. The number of hydrogen-bond acceptors (Lipinski definition) is 8. The van der Waals surface area contributed by atoms with Crippen molar-refractivity contribution in [2.75, 3.05) is 12.4 Å². The van der Waals surface area contributed by atoms with Gasteiger partial charge in [0.15, 0.2) is 10.1 Å². The first kappa shape index (κ1) is 15.6. The second-order valence-corrected chi connectivity index (χ2v) is 6.59. The molecular formula is C14H12N4O3S2. The van der Waals surface area contributed by atoms with Crippen LogP contribution in [0.4, 0.5) is 0 Å². The van der Waals surface area contributed by atoms with Crippen LogP contribution in [-0.4, -0.2) is 38.0 Å². The van der Waals surface area contributed by atoms with E-state index < -0.39 is 0 Å². The second kappa shape index (κ2) is 6.88. The summed E-state index contributed by atoms with van der Waals surface area (Å²) in [6.07, 6.45) is 1.10. The third-order valence-corrected chi connectivity index (χ3v) is 4.91. The van der Waals surface area contributed by atoms with Crippen molar-refractivity contribution >= 4 is 33.8 Å². The van der Waals surface area contributed by atoms with Crippen molar-refractivity contribution in [2.45, 2.75) is 11.3 Å². The molecule has 0 aliphatic heterocycles. The Labute approximate surface area is 139 Å². The van der Waals surface area contributed by atoms with Gasteiger partial charge in [0.25, 0.3) is 5.56 Å². The molecule has 3 rings (SSSR count). The summed E-state index contributed by atoms with van der Waals surface area (Å²) in [5.41, 5.74) is 0.273. The highest BCUT2D eigenvalue weighted by Crippen LogP contribution is 2.24. The van der Waals surface area contributed by atoms with E-state index in [4.69, 9.17) is 4.74 Å². The molecule has 0 saturated heterocycles. The first-order valence-electron chi connectivity index (χ1n) is 6.78. The number of carbonyl (C=O) groups is 1. The Morgan fingerprint density at radius 1 is 1.35 bits per heavy atom. The standard InChI is InChI=1S/C14H12N4O3S2/c1-2-21-10-5-3-9(4-6-10)11(19)8-22-14-17-18-12(20)7-15-16-13(18)23-14/h3-7H,2,8H2,1H3. The number of ether oxygens (including phenoxy) is 1. The van der Waals surface area contributed by atoms with E-state index in [-0.39, 0.29) is 17.1 Å². The van der Waals surface area contributed by atoms with Gasteiger partial charge in [-0.2, -0.15) is 9.61 Å². The van der Waals surface area contributed by atoms with Crippen molar-refractivity contribution in [2.24, 2.45) is 0 Å². The lowest BCUT2D eigenvalue weighted by Gasteiger charge is -2.03. The fraction of sp³-hybridized carbons (Fsp3) is 0.214. The molecule has 118 valence electrons. The first-order valence-corrected chi connectivity index (χ1v) is 8.58. The number of aromatic nitrogens is 4. The highest BCUT2D eigenvalue weighted by molar-refractivity contribution is 8.01. The fourth-order valence-corrected chi connectivity index (χ4v) is 3.61. The van der Waals surface area contributed by atoms with Crippen molar-refractivity contribution in [3.8, 4) is 5.75 Å². The van der Waals surface area contributed by atoms with Gasteiger partial charge < -0.3 is 4.74 Å². The van der Waals surface area contributed by atoms with Crippen molar-refractivity contribution in [1.82, 2.24) is 19.8 Å². The molecule has 0 aliphatic rings. The largest absolute Gasteiger partial charge is 0.494 e. The lowest BCUT2D eigenvalue weighted by atomic mass is 10.1. The first-order chi connectivity index (χ1) is 11.2. The van der Waals surface area contributed by atoms with Gasteiger partial charge in [0.1, 0.15) is 11.9 Å². The van der Waals surface area contributed by atoms with Crippen molar-refractivity contribution in [3.63, 3.8) is 0 Å². The molecule has 0 amide bonds. The third-order valence-electron chi connectivity index (χ3n) is 2.88. The van der Waals surface area contributed by atoms with Gasteiger partial charge >= 0.3 is 0 Å². The Bertz CT molecular complexity index is 889. The quantitative estimate of drug-likeness (QED) is 0.497. The number of Topliss-reactive ketones (excluding diaryl/α,β-unsaturated/α-hetero) is 1. The van der Waals surface area contributed by atoms with E-state index in [0.29, 0.717) is 21.5 Å². The molecule has 7 nitrogen and oxygen atoms in total. The molecule has 1 aromatic carbocycles. The van der Waals surface area contributed by atoms with Gasteiger partial charge in [-0.05, 0) is 31.2 Å². The normalized spacial score (nSPS) is 10.8. The summed E-state index contributed by atoms with van der Waals surface area (Å²) in [6, 6.07) is 7.02. The van der Waals surface area contributed by atoms with Gasteiger partial charge in [-0.25, -0.2) is 0 Å². The molecular weight excluding hydrogens is 336 g/mol. The van der Waals surface area contributed by atoms with Crippen molar-refractivity contribution in [1.29, 1.82) is 0 Å². The predicted octanol–water partition coefficient (Wildman–Crippen LogP) is 1.92.